The van der Waals surface area contributed by atoms with E-state index in [2.05, 4.69) is 34.6 Å². The molecule has 3 N–H and O–H groups in total. The largest absolute Gasteiger partial charge is 0.508 e. The zero-order chi connectivity index (χ0) is 19.8. The van der Waals surface area contributed by atoms with E-state index in [0.29, 0.717) is 12.6 Å². The fraction of sp³-hybridized carbons (Fsp3) is 0.409. The van der Waals surface area contributed by atoms with E-state index in [-0.39, 0.29) is 5.75 Å². The smallest absolute Gasteiger partial charge is 0.191 e. The molecular weight excluding hydrogens is 352 g/mol. The van der Waals surface area contributed by atoms with Gasteiger partial charge in [-0.15, -0.1) is 0 Å². The van der Waals surface area contributed by atoms with Crippen molar-refractivity contribution in [2.75, 3.05) is 31.6 Å². The third kappa shape index (κ3) is 5.31. The summed E-state index contributed by atoms with van der Waals surface area (Å²) in [5, 5.41) is 16.3. The number of nitrogens with zero attached hydrogens (tertiary/aromatic N) is 2. The summed E-state index contributed by atoms with van der Waals surface area (Å²) in [5.74, 6) is 2.01. The SMILES string of the molecule is CCNC(=NCc1ccc(O)cc1)NC1CCCN(c2ccccc2OC)C1. The Bertz CT molecular complexity index is 776. The average Bonchev–Trinajstić information content (AvgIpc) is 2.73. The van der Waals surface area contributed by atoms with Crippen LogP contribution in [0.5, 0.6) is 11.5 Å². The van der Waals surface area contributed by atoms with Crippen LogP contribution in [0, 0.1) is 0 Å². The lowest BCUT2D eigenvalue weighted by Crippen LogP contribution is -2.51. The molecule has 6 nitrogen and oxygen atoms in total. The van der Waals surface area contributed by atoms with Gasteiger partial charge in [0.2, 0.25) is 0 Å². The van der Waals surface area contributed by atoms with Gasteiger partial charge in [0.05, 0.1) is 19.3 Å². The Morgan fingerprint density at radius 3 is 2.75 bits per heavy atom. The summed E-state index contributed by atoms with van der Waals surface area (Å²) in [4.78, 5) is 7.09. The van der Waals surface area contributed by atoms with E-state index in [1.54, 1.807) is 19.2 Å². The number of anilines is 1. The molecule has 0 aromatic heterocycles. The maximum Gasteiger partial charge on any atom is 0.191 e. The molecule has 3 rings (SSSR count). The van der Waals surface area contributed by atoms with Crippen LogP contribution in [-0.4, -0.2) is 43.9 Å². The standard InChI is InChI=1S/C22H30N4O2/c1-3-23-22(24-15-17-10-12-19(27)13-11-17)25-18-7-6-14-26(16-18)20-8-4-5-9-21(20)28-2/h4-5,8-13,18,27H,3,6-7,14-16H2,1-2H3,(H2,23,24,25). The maximum atomic E-state index is 9.42. The fourth-order valence-corrected chi connectivity index (χ4v) is 3.49. The van der Waals surface area contributed by atoms with Crippen LogP contribution in [0.2, 0.25) is 0 Å². The van der Waals surface area contributed by atoms with Crippen LogP contribution in [0.1, 0.15) is 25.3 Å². The van der Waals surface area contributed by atoms with E-state index < -0.39 is 0 Å². The Hall–Kier alpha value is -2.89. The van der Waals surface area contributed by atoms with Crippen LogP contribution in [-0.2, 0) is 6.54 Å². The highest BCUT2D eigenvalue weighted by molar-refractivity contribution is 5.80. The number of methoxy groups -OCH3 is 1. The molecule has 150 valence electrons. The maximum absolute atomic E-state index is 9.42. The summed E-state index contributed by atoms with van der Waals surface area (Å²) < 4.78 is 5.53. The van der Waals surface area contributed by atoms with E-state index in [0.717, 1.165) is 55.4 Å². The van der Waals surface area contributed by atoms with Gasteiger partial charge in [-0.1, -0.05) is 24.3 Å². The lowest BCUT2D eigenvalue weighted by atomic mass is 10.0. The minimum Gasteiger partial charge on any atom is -0.508 e. The number of hydrogen-bond acceptors (Lipinski definition) is 4. The third-order valence-corrected chi connectivity index (χ3v) is 4.89. The van der Waals surface area contributed by atoms with Gasteiger partial charge in [0, 0.05) is 25.7 Å². The van der Waals surface area contributed by atoms with Gasteiger partial charge in [-0.2, -0.15) is 0 Å². The first kappa shape index (κ1) is 19.9. The minimum absolute atomic E-state index is 0.274. The molecule has 28 heavy (non-hydrogen) atoms. The van der Waals surface area contributed by atoms with Crippen molar-refractivity contribution in [1.29, 1.82) is 0 Å². The van der Waals surface area contributed by atoms with Crippen molar-refractivity contribution in [3.63, 3.8) is 0 Å². The van der Waals surface area contributed by atoms with Crippen molar-refractivity contribution in [3.05, 3.63) is 54.1 Å². The van der Waals surface area contributed by atoms with E-state index in [4.69, 9.17) is 9.73 Å². The number of phenolic OH excluding ortho intramolecular Hbond substituents is 1. The normalized spacial score (nSPS) is 17.3. The Labute approximate surface area is 167 Å². The third-order valence-electron chi connectivity index (χ3n) is 4.89. The van der Waals surface area contributed by atoms with Crippen LogP contribution >= 0.6 is 0 Å². The van der Waals surface area contributed by atoms with Gasteiger partial charge in [-0.05, 0) is 49.6 Å². The van der Waals surface area contributed by atoms with Crippen molar-refractivity contribution >= 4 is 11.6 Å². The zero-order valence-corrected chi connectivity index (χ0v) is 16.7. The van der Waals surface area contributed by atoms with Crippen molar-refractivity contribution in [1.82, 2.24) is 10.6 Å². The molecule has 0 spiro atoms. The molecule has 1 aliphatic rings. The van der Waals surface area contributed by atoms with Gasteiger partial charge < -0.3 is 25.4 Å². The van der Waals surface area contributed by atoms with Gasteiger partial charge in [-0.25, -0.2) is 4.99 Å². The molecule has 1 heterocycles. The first-order valence-corrected chi connectivity index (χ1v) is 9.90. The molecule has 0 aliphatic carbocycles. The average molecular weight is 383 g/mol. The molecular formula is C22H30N4O2. The van der Waals surface area contributed by atoms with Gasteiger partial charge in [-0.3, -0.25) is 0 Å². The van der Waals surface area contributed by atoms with E-state index >= 15 is 0 Å². The highest BCUT2D eigenvalue weighted by Gasteiger charge is 2.22. The lowest BCUT2D eigenvalue weighted by Gasteiger charge is -2.36. The monoisotopic (exact) mass is 382 g/mol. The van der Waals surface area contributed by atoms with Gasteiger partial charge >= 0.3 is 0 Å². The van der Waals surface area contributed by atoms with Gasteiger partial charge in [0.25, 0.3) is 0 Å². The summed E-state index contributed by atoms with van der Waals surface area (Å²) in [6, 6.07) is 15.7. The van der Waals surface area contributed by atoms with Crippen molar-refractivity contribution in [2.24, 2.45) is 4.99 Å². The number of aliphatic imine (C=N–C) groups is 1. The molecule has 0 radical (unpaired) electrons. The number of benzene rings is 2. The second kappa shape index (κ2) is 9.88. The summed E-state index contributed by atoms with van der Waals surface area (Å²) >= 11 is 0. The van der Waals surface area contributed by atoms with Crippen LogP contribution in [0.25, 0.3) is 0 Å². The number of aromatic hydroxyl groups is 1. The first-order chi connectivity index (χ1) is 13.7. The summed E-state index contributed by atoms with van der Waals surface area (Å²) in [5.41, 5.74) is 2.21. The Balaban J connectivity index is 1.65. The highest BCUT2D eigenvalue weighted by atomic mass is 16.5. The van der Waals surface area contributed by atoms with Gasteiger partial charge in [0.1, 0.15) is 11.5 Å². The number of phenols is 1. The molecule has 2 aromatic carbocycles. The highest BCUT2D eigenvalue weighted by Crippen LogP contribution is 2.29. The molecule has 1 saturated heterocycles. The number of ether oxygens (including phenoxy) is 1. The van der Waals surface area contributed by atoms with Crippen LogP contribution in [0.3, 0.4) is 0 Å². The topological polar surface area (TPSA) is 69.1 Å². The van der Waals surface area contributed by atoms with E-state index in [1.165, 1.54) is 0 Å². The second-order valence-electron chi connectivity index (χ2n) is 6.96. The summed E-state index contributed by atoms with van der Waals surface area (Å²) in [7, 11) is 1.72. The predicted molar refractivity (Wildman–Crippen MR) is 114 cm³/mol. The van der Waals surface area contributed by atoms with Crippen molar-refractivity contribution < 1.29 is 9.84 Å². The molecule has 0 bridgehead atoms. The Morgan fingerprint density at radius 1 is 1.21 bits per heavy atom. The number of piperidine rings is 1. The Morgan fingerprint density at radius 2 is 2.00 bits per heavy atom. The second-order valence-corrected chi connectivity index (χ2v) is 6.96. The number of nitrogens with one attached hydrogen (secondary N) is 2. The molecule has 1 aliphatic heterocycles. The molecule has 0 saturated carbocycles. The fourth-order valence-electron chi connectivity index (χ4n) is 3.49. The number of rotatable bonds is 6. The lowest BCUT2D eigenvalue weighted by molar-refractivity contribution is 0.408. The quantitative estimate of drug-likeness (QED) is 0.529. The minimum atomic E-state index is 0.274. The summed E-state index contributed by atoms with van der Waals surface area (Å²) in [6.07, 6.45) is 2.22. The Kier molecular flexibility index (Phi) is 7.00. The van der Waals surface area contributed by atoms with Crippen LogP contribution in [0.15, 0.2) is 53.5 Å². The molecule has 2 aromatic rings. The van der Waals surface area contributed by atoms with E-state index in [1.807, 2.05) is 24.3 Å². The number of para-hydroxylation sites is 2. The molecule has 1 atom stereocenters. The van der Waals surface area contributed by atoms with Crippen molar-refractivity contribution in [2.45, 2.75) is 32.4 Å². The predicted octanol–water partition coefficient (Wildman–Crippen LogP) is 3.12. The van der Waals surface area contributed by atoms with Crippen LogP contribution in [0.4, 0.5) is 5.69 Å². The van der Waals surface area contributed by atoms with Crippen LogP contribution < -0.4 is 20.3 Å². The molecule has 0 amide bonds. The molecule has 6 heteroatoms. The number of guanidine groups is 1. The van der Waals surface area contributed by atoms with E-state index in [9.17, 15) is 5.11 Å². The first-order valence-electron chi connectivity index (χ1n) is 9.90. The summed E-state index contributed by atoms with van der Waals surface area (Å²) in [6.45, 7) is 5.38. The number of hydrogen-bond donors (Lipinski definition) is 3. The molecule has 1 fully saturated rings. The molecule has 1 unspecified atom stereocenters. The van der Waals surface area contributed by atoms with Crippen molar-refractivity contribution in [3.8, 4) is 11.5 Å². The van der Waals surface area contributed by atoms with Gasteiger partial charge in [0.15, 0.2) is 5.96 Å². The zero-order valence-electron chi connectivity index (χ0n) is 16.7.